The van der Waals surface area contributed by atoms with Crippen molar-refractivity contribution in [2.75, 3.05) is 32.8 Å². The van der Waals surface area contributed by atoms with Gasteiger partial charge < -0.3 is 15.7 Å². The van der Waals surface area contributed by atoms with Crippen molar-refractivity contribution >= 4 is 0 Å². The summed E-state index contributed by atoms with van der Waals surface area (Å²) in [5.41, 5.74) is 5.99. The van der Waals surface area contributed by atoms with Gasteiger partial charge in [0.25, 0.3) is 0 Å². The Labute approximate surface area is 93.6 Å². The molecule has 90 valence electrons. The molecule has 1 aliphatic heterocycles. The molecule has 0 aromatic rings. The van der Waals surface area contributed by atoms with Crippen molar-refractivity contribution in [1.29, 1.82) is 0 Å². The number of hydrogen-bond donors (Lipinski definition) is 2. The molecule has 0 atom stereocenters. The van der Waals surface area contributed by atoms with Crippen molar-refractivity contribution in [2.24, 2.45) is 17.1 Å². The average molecular weight is 214 g/mol. The van der Waals surface area contributed by atoms with Gasteiger partial charge in [-0.25, -0.2) is 0 Å². The summed E-state index contributed by atoms with van der Waals surface area (Å²) in [6.45, 7) is 9.03. The molecule has 0 radical (unpaired) electrons. The van der Waals surface area contributed by atoms with E-state index in [4.69, 9.17) is 10.8 Å². The van der Waals surface area contributed by atoms with Gasteiger partial charge in [0.1, 0.15) is 0 Å². The third kappa shape index (κ3) is 4.49. The minimum Gasteiger partial charge on any atom is -0.396 e. The van der Waals surface area contributed by atoms with Crippen molar-refractivity contribution in [3.63, 3.8) is 0 Å². The van der Waals surface area contributed by atoms with Crippen LogP contribution in [0.15, 0.2) is 0 Å². The van der Waals surface area contributed by atoms with E-state index in [9.17, 15) is 0 Å². The predicted octanol–water partition coefficient (Wildman–Crippen LogP) is 1.07. The minimum absolute atomic E-state index is 0.272. The summed E-state index contributed by atoms with van der Waals surface area (Å²) in [4.78, 5) is 2.50. The van der Waals surface area contributed by atoms with Crippen LogP contribution in [0.2, 0.25) is 0 Å². The maximum Gasteiger partial charge on any atom is 0.0460 e. The average Bonchev–Trinajstić information content (AvgIpc) is 2.27. The lowest BCUT2D eigenvalue weighted by atomic mass is 9.89. The maximum atomic E-state index is 9.04. The molecular formula is C12H26N2O. The van der Waals surface area contributed by atoms with Crippen molar-refractivity contribution < 1.29 is 5.11 Å². The Morgan fingerprint density at radius 2 is 1.93 bits per heavy atom. The number of hydrogen-bond acceptors (Lipinski definition) is 3. The molecule has 0 aromatic heterocycles. The SMILES string of the molecule is CC(C)(CN)CCN1CCC(CO)CC1. The summed E-state index contributed by atoms with van der Waals surface area (Å²) >= 11 is 0. The molecule has 0 saturated carbocycles. The molecule has 0 aromatic carbocycles. The number of nitrogens with two attached hydrogens (primary N) is 1. The maximum absolute atomic E-state index is 9.04. The Kier molecular flexibility index (Phi) is 5.03. The smallest absolute Gasteiger partial charge is 0.0460 e. The zero-order valence-corrected chi connectivity index (χ0v) is 10.2. The summed E-state index contributed by atoms with van der Waals surface area (Å²) in [5.74, 6) is 0.545. The van der Waals surface area contributed by atoms with Gasteiger partial charge >= 0.3 is 0 Å². The predicted molar refractivity (Wildman–Crippen MR) is 63.7 cm³/mol. The van der Waals surface area contributed by atoms with Crippen LogP contribution in [-0.2, 0) is 0 Å². The first kappa shape index (κ1) is 12.9. The Bertz CT molecular complexity index is 174. The molecule has 3 N–H and O–H groups in total. The van der Waals surface area contributed by atoms with Gasteiger partial charge in [0.15, 0.2) is 0 Å². The van der Waals surface area contributed by atoms with Gasteiger partial charge in [-0.1, -0.05) is 13.8 Å². The van der Waals surface area contributed by atoms with E-state index in [0.717, 1.165) is 39.0 Å². The monoisotopic (exact) mass is 214 g/mol. The fraction of sp³-hybridized carbons (Fsp3) is 1.00. The Balaban J connectivity index is 2.19. The molecule has 1 heterocycles. The molecule has 1 fully saturated rings. The molecule has 0 unspecified atom stereocenters. The van der Waals surface area contributed by atoms with Crippen LogP contribution < -0.4 is 5.73 Å². The Hall–Kier alpha value is -0.120. The van der Waals surface area contributed by atoms with Crippen LogP contribution in [0.3, 0.4) is 0 Å². The zero-order valence-electron chi connectivity index (χ0n) is 10.2. The fourth-order valence-corrected chi connectivity index (χ4v) is 1.96. The van der Waals surface area contributed by atoms with E-state index in [1.807, 2.05) is 0 Å². The van der Waals surface area contributed by atoms with E-state index < -0.39 is 0 Å². The summed E-state index contributed by atoms with van der Waals surface area (Å²) in [6.07, 6.45) is 3.48. The van der Waals surface area contributed by atoms with Crippen LogP contribution in [0.5, 0.6) is 0 Å². The third-order valence-electron chi connectivity index (χ3n) is 3.62. The number of aliphatic hydroxyl groups excluding tert-OH is 1. The van der Waals surface area contributed by atoms with Crippen LogP contribution in [-0.4, -0.2) is 42.8 Å². The van der Waals surface area contributed by atoms with Gasteiger partial charge in [-0.15, -0.1) is 0 Å². The molecule has 15 heavy (non-hydrogen) atoms. The van der Waals surface area contributed by atoms with E-state index in [1.165, 1.54) is 6.42 Å². The van der Waals surface area contributed by atoms with Crippen molar-refractivity contribution in [3.05, 3.63) is 0 Å². The second-order valence-electron chi connectivity index (χ2n) is 5.59. The van der Waals surface area contributed by atoms with Crippen LogP contribution in [0.25, 0.3) is 0 Å². The van der Waals surface area contributed by atoms with Gasteiger partial charge in [0, 0.05) is 6.61 Å². The molecule has 0 amide bonds. The molecule has 1 aliphatic rings. The van der Waals surface area contributed by atoms with E-state index in [2.05, 4.69) is 18.7 Å². The van der Waals surface area contributed by atoms with Crippen molar-refractivity contribution in [3.8, 4) is 0 Å². The molecule has 1 saturated heterocycles. The topological polar surface area (TPSA) is 49.5 Å². The first-order valence-corrected chi connectivity index (χ1v) is 6.11. The zero-order chi connectivity index (χ0) is 11.3. The highest BCUT2D eigenvalue weighted by Crippen LogP contribution is 2.21. The lowest BCUT2D eigenvalue weighted by Crippen LogP contribution is -2.38. The van der Waals surface area contributed by atoms with E-state index in [0.29, 0.717) is 12.5 Å². The summed E-state index contributed by atoms with van der Waals surface area (Å²) < 4.78 is 0. The van der Waals surface area contributed by atoms with Crippen molar-refractivity contribution in [1.82, 2.24) is 4.90 Å². The number of aliphatic hydroxyl groups is 1. The summed E-state index contributed by atoms with van der Waals surface area (Å²) in [6, 6.07) is 0. The second kappa shape index (κ2) is 5.83. The van der Waals surface area contributed by atoms with E-state index >= 15 is 0 Å². The van der Waals surface area contributed by atoms with Gasteiger partial charge in [0.05, 0.1) is 0 Å². The molecule has 0 bridgehead atoms. The van der Waals surface area contributed by atoms with Gasteiger partial charge in [-0.05, 0) is 56.8 Å². The van der Waals surface area contributed by atoms with Crippen LogP contribution in [0, 0.1) is 11.3 Å². The first-order valence-electron chi connectivity index (χ1n) is 6.11. The number of rotatable bonds is 5. The number of likely N-dealkylation sites (tertiary alicyclic amines) is 1. The quantitative estimate of drug-likeness (QED) is 0.719. The molecular weight excluding hydrogens is 188 g/mol. The van der Waals surface area contributed by atoms with Gasteiger partial charge in [-0.2, -0.15) is 0 Å². The van der Waals surface area contributed by atoms with Gasteiger partial charge in [0.2, 0.25) is 0 Å². The Morgan fingerprint density at radius 3 is 2.40 bits per heavy atom. The minimum atomic E-state index is 0.272. The molecule has 0 aliphatic carbocycles. The standard InChI is InChI=1S/C12H26N2O/c1-12(2,10-13)5-8-14-6-3-11(9-15)4-7-14/h11,15H,3-10,13H2,1-2H3. The van der Waals surface area contributed by atoms with Crippen LogP contribution in [0.1, 0.15) is 33.1 Å². The molecule has 1 rings (SSSR count). The normalized spacial score (nSPS) is 20.8. The highest BCUT2D eigenvalue weighted by Gasteiger charge is 2.21. The lowest BCUT2D eigenvalue weighted by Gasteiger charge is -2.33. The Morgan fingerprint density at radius 1 is 1.33 bits per heavy atom. The van der Waals surface area contributed by atoms with Crippen LogP contribution >= 0.6 is 0 Å². The lowest BCUT2D eigenvalue weighted by molar-refractivity contribution is 0.121. The van der Waals surface area contributed by atoms with Crippen molar-refractivity contribution in [2.45, 2.75) is 33.1 Å². The number of piperidine rings is 1. The first-order chi connectivity index (χ1) is 7.07. The highest BCUT2D eigenvalue weighted by molar-refractivity contribution is 4.75. The number of nitrogens with zero attached hydrogens (tertiary/aromatic N) is 1. The highest BCUT2D eigenvalue weighted by atomic mass is 16.3. The summed E-state index contributed by atoms with van der Waals surface area (Å²) in [7, 11) is 0. The molecule has 0 spiro atoms. The molecule has 3 heteroatoms. The largest absolute Gasteiger partial charge is 0.396 e. The summed E-state index contributed by atoms with van der Waals surface area (Å²) in [5, 5.41) is 9.04. The van der Waals surface area contributed by atoms with Crippen LogP contribution in [0.4, 0.5) is 0 Å². The third-order valence-corrected chi connectivity index (χ3v) is 3.62. The fourth-order valence-electron chi connectivity index (χ4n) is 1.96. The van der Waals surface area contributed by atoms with Gasteiger partial charge in [-0.3, -0.25) is 0 Å². The van der Waals surface area contributed by atoms with E-state index in [1.54, 1.807) is 0 Å². The molecule has 3 nitrogen and oxygen atoms in total. The second-order valence-corrected chi connectivity index (χ2v) is 5.59. The van der Waals surface area contributed by atoms with E-state index in [-0.39, 0.29) is 5.41 Å².